The lowest BCUT2D eigenvalue weighted by Gasteiger charge is -2.40. The Balaban J connectivity index is 2.11. The summed E-state index contributed by atoms with van der Waals surface area (Å²) in [5.41, 5.74) is 0.943. The maximum atomic E-state index is 13.8. The molecule has 1 aliphatic rings. The SMILES string of the molecule is CN(C)S(=O)(=O)c1ccc(S(=O)(=O)N(CCC(=O)O)c2cccc(Cl)c2N2CCC(C)(C)CC2)s1. The van der Waals surface area contributed by atoms with Crippen LogP contribution in [0.3, 0.4) is 0 Å². The van der Waals surface area contributed by atoms with Gasteiger partial charge in [-0.3, -0.25) is 9.10 Å². The van der Waals surface area contributed by atoms with Crippen molar-refractivity contribution in [3.8, 4) is 0 Å². The number of nitrogens with zero attached hydrogens (tertiary/aromatic N) is 3. The Morgan fingerprint density at radius 1 is 1.06 bits per heavy atom. The summed E-state index contributed by atoms with van der Waals surface area (Å²) in [6.07, 6.45) is 1.33. The summed E-state index contributed by atoms with van der Waals surface area (Å²) < 4.78 is 54.3. The molecule has 2 heterocycles. The molecule has 13 heteroatoms. The molecule has 2 aromatic rings. The quantitative estimate of drug-likeness (QED) is 0.491. The Kier molecular flexibility index (Phi) is 8.12. The van der Waals surface area contributed by atoms with Crippen molar-refractivity contribution in [1.82, 2.24) is 4.31 Å². The minimum atomic E-state index is -4.30. The van der Waals surface area contributed by atoms with E-state index in [-0.39, 0.29) is 26.1 Å². The summed E-state index contributed by atoms with van der Waals surface area (Å²) in [5.74, 6) is -1.16. The number of benzene rings is 1. The first kappa shape index (κ1) is 27.7. The molecule has 194 valence electrons. The minimum absolute atomic E-state index is 0.121. The van der Waals surface area contributed by atoms with Gasteiger partial charge in [-0.1, -0.05) is 31.5 Å². The number of carboxylic acid groups (broad SMARTS) is 1. The van der Waals surface area contributed by atoms with E-state index in [0.29, 0.717) is 35.1 Å². The highest BCUT2D eigenvalue weighted by Crippen LogP contribution is 2.43. The van der Waals surface area contributed by atoms with E-state index in [4.69, 9.17) is 11.6 Å². The molecule has 0 radical (unpaired) electrons. The maximum Gasteiger partial charge on any atom is 0.305 e. The molecule has 1 saturated heterocycles. The predicted octanol–water partition coefficient (Wildman–Crippen LogP) is 3.95. The molecule has 3 rings (SSSR count). The van der Waals surface area contributed by atoms with Gasteiger partial charge in [-0.2, -0.15) is 0 Å². The number of carboxylic acids is 1. The maximum absolute atomic E-state index is 13.8. The zero-order valence-electron chi connectivity index (χ0n) is 20.1. The number of para-hydroxylation sites is 1. The lowest BCUT2D eigenvalue weighted by atomic mass is 9.82. The first-order valence-electron chi connectivity index (χ1n) is 11.0. The van der Waals surface area contributed by atoms with Crippen molar-refractivity contribution in [2.24, 2.45) is 5.41 Å². The molecule has 0 atom stereocenters. The molecule has 1 aromatic heterocycles. The van der Waals surface area contributed by atoms with Crippen LogP contribution in [0.5, 0.6) is 0 Å². The molecule has 0 bridgehead atoms. The summed E-state index contributed by atoms with van der Waals surface area (Å²) in [5, 5.41) is 9.67. The van der Waals surface area contributed by atoms with Crippen molar-refractivity contribution >= 4 is 60.3 Å². The normalized spacial score (nSPS) is 16.5. The number of hydrogen-bond donors (Lipinski definition) is 1. The van der Waals surface area contributed by atoms with E-state index in [1.807, 2.05) is 4.90 Å². The number of aliphatic carboxylic acids is 1. The number of anilines is 2. The molecule has 35 heavy (non-hydrogen) atoms. The zero-order chi connectivity index (χ0) is 26.2. The summed E-state index contributed by atoms with van der Waals surface area (Å²) in [4.78, 5) is 13.4. The fourth-order valence-electron chi connectivity index (χ4n) is 3.79. The Morgan fingerprint density at radius 3 is 2.17 bits per heavy atom. The molecule has 0 aliphatic carbocycles. The third-order valence-electron chi connectivity index (χ3n) is 6.03. The molecule has 0 saturated carbocycles. The zero-order valence-corrected chi connectivity index (χ0v) is 23.3. The van der Waals surface area contributed by atoms with Gasteiger partial charge < -0.3 is 10.0 Å². The van der Waals surface area contributed by atoms with E-state index in [9.17, 15) is 26.7 Å². The molecule has 0 spiro atoms. The van der Waals surface area contributed by atoms with E-state index in [2.05, 4.69) is 13.8 Å². The molecule has 9 nitrogen and oxygen atoms in total. The van der Waals surface area contributed by atoms with Crippen LogP contribution in [0.15, 0.2) is 38.8 Å². The minimum Gasteiger partial charge on any atom is -0.481 e. The van der Waals surface area contributed by atoms with Gasteiger partial charge in [-0.25, -0.2) is 21.1 Å². The number of halogens is 1. The Hall–Kier alpha value is -1.86. The van der Waals surface area contributed by atoms with E-state index in [1.54, 1.807) is 18.2 Å². The second-order valence-corrected chi connectivity index (χ2v) is 15.3. The topological polar surface area (TPSA) is 115 Å². The molecule has 1 fully saturated rings. The van der Waals surface area contributed by atoms with Crippen LogP contribution in [0.2, 0.25) is 5.02 Å². The van der Waals surface area contributed by atoms with Crippen LogP contribution in [0, 0.1) is 5.41 Å². The van der Waals surface area contributed by atoms with E-state index >= 15 is 0 Å². The van der Waals surface area contributed by atoms with E-state index < -0.39 is 32.4 Å². The standard InChI is InChI=1S/C22H30ClN3O6S3/c1-22(2)11-14-25(15-12-22)21-16(23)6-5-7-17(21)26(13-10-18(27)28)35(31,32)20-9-8-19(33-20)34(29,30)24(3)4/h5-9H,10-15H2,1-4H3,(H,27,28). The Bertz CT molecular complexity index is 1300. The number of carbonyl (C=O) groups is 1. The number of rotatable bonds is 9. The van der Waals surface area contributed by atoms with Crippen LogP contribution < -0.4 is 9.21 Å². The van der Waals surface area contributed by atoms with Gasteiger partial charge in [0.25, 0.3) is 20.0 Å². The summed E-state index contributed by atoms with van der Waals surface area (Å²) in [7, 11) is -5.40. The van der Waals surface area contributed by atoms with Crippen molar-refractivity contribution < 1.29 is 26.7 Å². The van der Waals surface area contributed by atoms with Gasteiger partial charge in [0.15, 0.2) is 0 Å². The lowest BCUT2D eigenvalue weighted by Crippen LogP contribution is -2.39. The fourth-order valence-corrected chi connectivity index (χ4v) is 8.60. The third-order valence-corrected chi connectivity index (χ3v) is 12.0. The van der Waals surface area contributed by atoms with E-state index in [1.165, 1.54) is 26.2 Å². The fraction of sp³-hybridized carbons (Fsp3) is 0.500. The lowest BCUT2D eigenvalue weighted by molar-refractivity contribution is -0.136. The third kappa shape index (κ3) is 5.93. The Labute approximate surface area is 216 Å². The smallest absolute Gasteiger partial charge is 0.305 e. The molecule has 1 N–H and O–H groups in total. The van der Waals surface area contributed by atoms with Crippen LogP contribution >= 0.6 is 22.9 Å². The highest BCUT2D eigenvalue weighted by Gasteiger charge is 2.34. The van der Waals surface area contributed by atoms with Gasteiger partial charge in [0, 0.05) is 33.7 Å². The first-order valence-corrected chi connectivity index (χ1v) is 15.0. The van der Waals surface area contributed by atoms with Gasteiger partial charge in [-0.15, -0.1) is 11.3 Å². The van der Waals surface area contributed by atoms with Crippen molar-refractivity contribution in [2.45, 2.75) is 41.5 Å². The number of piperidine rings is 1. The Morgan fingerprint density at radius 2 is 1.63 bits per heavy atom. The molecule has 0 unspecified atom stereocenters. The molecule has 1 aromatic carbocycles. The van der Waals surface area contributed by atoms with Crippen molar-refractivity contribution in [3.05, 3.63) is 35.4 Å². The second-order valence-electron chi connectivity index (χ2n) is 9.34. The average Bonchev–Trinajstić information content (AvgIpc) is 3.26. The van der Waals surface area contributed by atoms with Gasteiger partial charge in [0.05, 0.1) is 22.8 Å². The van der Waals surface area contributed by atoms with Crippen LogP contribution in [-0.2, 0) is 24.8 Å². The molecular formula is C22H30ClN3O6S3. The predicted molar refractivity (Wildman–Crippen MR) is 139 cm³/mol. The van der Waals surface area contributed by atoms with Gasteiger partial charge in [0.1, 0.15) is 8.42 Å². The highest BCUT2D eigenvalue weighted by atomic mass is 35.5. The van der Waals surface area contributed by atoms with Gasteiger partial charge in [0.2, 0.25) is 0 Å². The summed E-state index contributed by atoms with van der Waals surface area (Å²) >= 11 is 7.20. The van der Waals surface area contributed by atoms with Crippen LogP contribution in [0.4, 0.5) is 11.4 Å². The number of hydrogen-bond acceptors (Lipinski definition) is 7. The molecular weight excluding hydrogens is 534 g/mol. The van der Waals surface area contributed by atoms with Crippen molar-refractivity contribution in [3.63, 3.8) is 0 Å². The second kappa shape index (κ2) is 10.3. The van der Waals surface area contributed by atoms with Crippen LogP contribution in [0.1, 0.15) is 33.1 Å². The monoisotopic (exact) mass is 563 g/mol. The van der Waals surface area contributed by atoms with E-state index in [0.717, 1.165) is 21.5 Å². The van der Waals surface area contributed by atoms with Crippen molar-refractivity contribution in [2.75, 3.05) is 42.9 Å². The van der Waals surface area contributed by atoms with Gasteiger partial charge >= 0.3 is 5.97 Å². The van der Waals surface area contributed by atoms with Crippen molar-refractivity contribution in [1.29, 1.82) is 0 Å². The highest BCUT2D eigenvalue weighted by molar-refractivity contribution is 7.96. The summed E-state index contributed by atoms with van der Waals surface area (Å²) in [6, 6.07) is 7.38. The van der Waals surface area contributed by atoms with Crippen LogP contribution in [-0.4, -0.2) is 65.9 Å². The molecule has 0 amide bonds. The number of thiophene rings is 1. The van der Waals surface area contributed by atoms with Gasteiger partial charge in [-0.05, 0) is 42.5 Å². The summed E-state index contributed by atoms with van der Waals surface area (Å²) in [6.45, 7) is 5.36. The average molecular weight is 564 g/mol. The molecule has 1 aliphatic heterocycles. The largest absolute Gasteiger partial charge is 0.481 e. The number of sulfonamides is 2. The van der Waals surface area contributed by atoms with Crippen LogP contribution in [0.25, 0.3) is 0 Å². The first-order chi connectivity index (χ1) is 16.2.